The van der Waals surface area contributed by atoms with Crippen molar-refractivity contribution in [1.82, 2.24) is 0 Å². The first-order chi connectivity index (χ1) is 5.77. The highest BCUT2D eigenvalue weighted by Gasteiger charge is 2.01. The molecule has 0 saturated heterocycles. The lowest BCUT2D eigenvalue weighted by Crippen LogP contribution is -1.90. The van der Waals surface area contributed by atoms with E-state index in [2.05, 4.69) is 6.92 Å². The molecule has 2 heteroatoms. The molecular weight excluding hydrogens is 175 g/mol. The van der Waals surface area contributed by atoms with Crippen molar-refractivity contribution in [2.45, 2.75) is 25.6 Å². The van der Waals surface area contributed by atoms with Crippen molar-refractivity contribution in [2.75, 3.05) is 0 Å². The van der Waals surface area contributed by atoms with Crippen LogP contribution in [0.1, 0.15) is 24.5 Å². The maximum atomic E-state index is 12.9. The zero-order valence-electron chi connectivity index (χ0n) is 7.11. The Balaban J connectivity index is 2.89. The van der Waals surface area contributed by atoms with E-state index in [0.29, 0.717) is 5.56 Å². The van der Waals surface area contributed by atoms with Gasteiger partial charge in [0.25, 0.3) is 0 Å². The van der Waals surface area contributed by atoms with Crippen molar-refractivity contribution < 1.29 is 4.39 Å². The number of benzene rings is 1. The van der Waals surface area contributed by atoms with Gasteiger partial charge >= 0.3 is 0 Å². The highest BCUT2D eigenvalue weighted by molar-refractivity contribution is 6.17. The van der Waals surface area contributed by atoms with Gasteiger partial charge < -0.3 is 0 Å². The molecule has 0 aliphatic heterocycles. The van der Waals surface area contributed by atoms with Gasteiger partial charge in [0.05, 0.1) is 5.88 Å². The molecule has 0 fully saturated rings. The Morgan fingerprint density at radius 2 is 2.17 bits per heavy atom. The maximum Gasteiger partial charge on any atom is 0.127 e. The number of hydrogen-bond acceptors (Lipinski definition) is 0. The van der Waals surface area contributed by atoms with Crippen molar-refractivity contribution in [2.24, 2.45) is 0 Å². The molecule has 1 rings (SSSR count). The Morgan fingerprint density at radius 1 is 1.42 bits per heavy atom. The molecule has 12 heavy (non-hydrogen) atoms. The Bertz CT molecular complexity index is 258. The largest absolute Gasteiger partial charge is 0.207 e. The number of rotatable bonds is 3. The van der Waals surface area contributed by atoms with Crippen LogP contribution in [-0.2, 0) is 12.3 Å². The summed E-state index contributed by atoms with van der Waals surface area (Å²) in [6.45, 7) is 2.10. The first-order valence-electron chi connectivity index (χ1n) is 4.11. The van der Waals surface area contributed by atoms with Gasteiger partial charge in [0.2, 0.25) is 0 Å². The fourth-order valence-electron chi connectivity index (χ4n) is 1.17. The predicted molar refractivity (Wildman–Crippen MR) is 50.0 cm³/mol. The topological polar surface area (TPSA) is 0 Å². The summed E-state index contributed by atoms with van der Waals surface area (Å²) in [5, 5.41) is 0. The van der Waals surface area contributed by atoms with E-state index in [4.69, 9.17) is 11.6 Å². The summed E-state index contributed by atoms with van der Waals surface area (Å²) in [6, 6.07) is 5.14. The number of alkyl halides is 1. The zero-order chi connectivity index (χ0) is 8.97. The lowest BCUT2D eigenvalue weighted by Gasteiger charge is -2.02. The Kier molecular flexibility index (Phi) is 3.54. The smallest absolute Gasteiger partial charge is 0.127 e. The monoisotopic (exact) mass is 186 g/mol. The maximum absolute atomic E-state index is 12.9. The van der Waals surface area contributed by atoms with Gasteiger partial charge in [0.15, 0.2) is 0 Å². The van der Waals surface area contributed by atoms with Crippen LogP contribution in [0.15, 0.2) is 18.2 Å². The molecule has 0 aliphatic carbocycles. The van der Waals surface area contributed by atoms with E-state index in [1.165, 1.54) is 6.07 Å². The summed E-state index contributed by atoms with van der Waals surface area (Å²) >= 11 is 5.56. The predicted octanol–water partition coefficient (Wildman–Crippen LogP) is 3.52. The molecule has 0 atom stereocenters. The molecule has 0 nitrogen and oxygen atoms in total. The average molecular weight is 187 g/mol. The zero-order valence-corrected chi connectivity index (χ0v) is 7.87. The summed E-state index contributed by atoms with van der Waals surface area (Å²) in [5.41, 5.74) is 1.76. The van der Waals surface area contributed by atoms with Crippen LogP contribution in [0, 0.1) is 5.82 Å². The van der Waals surface area contributed by atoms with Gasteiger partial charge in [0.1, 0.15) is 5.82 Å². The lowest BCUT2D eigenvalue weighted by molar-refractivity contribution is 0.616. The fourth-order valence-corrected chi connectivity index (χ4v) is 1.38. The molecule has 0 saturated carbocycles. The highest BCUT2D eigenvalue weighted by Crippen LogP contribution is 2.13. The van der Waals surface area contributed by atoms with Gasteiger partial charge in [0, 0.05) is 5.56 Å². The van der Waals surface area contributed by atoms with Crippen LogP contribution in [0.2, 0.25) is 0 Å². The minimum atomic E-state index is -0.204. The van der Waals surface area contributed by atoms with E-state index in [9.17, 15) is 4.39 Å². The van der Waals surface area contributed by atoms with Crippen molar-refractivity contribution >= 4 is 11.6 Å². The summed E-state index contributed by atoms with van der Waals surface area (Å²) in [6.07, 6.45) is 2.07. The third-order valence-electron chi connectivity index (χ3n) is 1.79. The molecule has 0 bridgehead atoms. The van der Waals surface area contributed by atoms with Crippen LogP contribution in [0.5, 0.6) is 0 Å². The van der Waals surface area contributed by atoms with E-state index < -0.39 is 0 Å². The minimum absolute atomic E-state index is 0.204. The Labute approximate surface area is 77.4 Å². The molecule has 0 N–H and O–H groups in total. The van der Waals surface area contributed by atoms with E-state index in [1.807, 2.05) is 12.1 Å². The van der Waals surface area contributed by atoms with Crippen LogP contribution in [-0.4, -0.2) is 0 Å². The van der Waals surface area contributed by atoms with Crippen molar-refractivity contribution in [3.63, 3.8) is 0 Å². The van der Waals surface area contributed by atoms with E-state index in [-0.39, 0.29) is 11.7 Å². The molecule has 0 unspecified atom stereocenters. The third-order valence-corrected chi connectivity index (χ3v) is 2.08. The van der Waals surface area contributed by atoms with Crippen LogP contribution in [0.4, 0.5) is 4.39 Å². The lowest BCUT2D eigenvalue weighted by atomic mass is 10.1. The summed E-state index contributed by atoms with van der Waals surface area (Å²) in [7, 11) is 0. The first kappa shape index (κ1) is 9.53. The van der Waals surface area contributed by atoms with E-state index in [1.54, 1.807) is 0 Å². The standard InChI is InChI=1S/C10H12ClF/c1-2-3-8-4-5-10(12)9(6-8)7-11/h4-6H,2-3,7H2,1H3. The normalized spacial score (nSPS) is 10.2. The van der Waals surface area contributed by atoms with Gasteiger partial charge in [-0.2, -0.15) is 0 Å². The second-order valence-corrected chi connectivity index (χ2v) is 3.08. The van der Waals surface area contributed by atoms with Gasteiger partial charge in [-0.3, -0.25) is 0 Å². The molecule has 0 aliphatic rings. The van der Waals surface area contributed by atoms with Gasteiger partial charge in [-0.15, -0.1) is 11.6 Å². The van der Waals surface area contributed by atoms with Crippen molar-refractivity contribution in [3.05, 3.63) is 35.1 Å². The first-order valence-corrected chi connectivity index (χ1v) is 4.64. The number of hydrogen-bond donors (Lipinski definition) is 0. The van der Waals surface area contributed by atoms with Crippen molar-refractivity contribution in [1.29, 1.82) is 0 Å². The van der Waals surface area contributed by atoms with Crippen LogP contribution in [0.25, 0.3) is 0 Å². The molecule has 0 spiro atoms. The van der Waals surface area contributed by atoms with Gasteiger partial charge in [-0.1, -0.05) is 25.5 Å². The molecule has 0 heterocycles. The molecule has 0 radical (unpaired) electrons. The van der Waals surface area contributed by atoms with Crippen LogP contribution >= 0.6 is 11.6 Å². The quantitative estimate of drug-likeness (QED) is 0.634. The van der Waals surface area contributed by atoms with Gasteiger partial charge in [-0.25, -0.2) is 4.39 Å². The molecule has 0 amide bonds. The van der Waals surface area contributed by atoms with E-state index >= 15 is 0 Å². The number of halogens is 2. The second kappa shape index (κ2) is 4.46. The average Bonchev–Trinajstić information content (AvgIpc) is 2.09. The van der Waals surface area contributed by atoms with E-state index in [0.717, 1.165) is 18.4 Å². The highest BCUT2D eigenvalue weighted by atomic mass is 35.5. The minimum Gasteiger partial charge on any atom is -0.207 e. The number of aryl methyl sites for hydroxylation is 1. The summed E-state index contributed by atoms with van der Waals surface area (Å²) in [5.74, 6) is 0.0495. The molecule has 0 aromatic heterocycles. The molecule has 1 aromatic rings. The molecule has 1 aromatic carbocycles. The van der Waals surface area contributed by atoms with Crippen molar-refractivity contribution in [3.8, 4) is 0 Å². The van der Waals surface area contributed by atoms with Crippen LogP contribution < -0.4 is 0 Å². The molecule has 66 valence electrons. The Morgan fingerprint density at radius 3 is 2.75 bits per heavy atom. The summed E-state index contributed by atoms with van der Waals surface area (Å²) < 4.78 is 12.9. The third kappa shape index (κ3) is 2.21. The van der Waals surface area contributed by atoms with Crippen LogP contribution in [0.3, 0.4) is 0 Å². The fraction of sp³-hybridized carbons (Fsp3) is 0.400. The second-order valence-electron chi connectivity index (χ2n) is 2.81. The summed E-state index contributed by atoms with van der Waals surface area (Å²) in [4.78, 5) is 0. The van der Waals surface area contributed by atoms with Gasteiger partial charge in [-0.05, 0) is 18.1 Å². The SMILES string of the molecule is CCCc1ccc(F)c(CCl)c1. The molecular formula is C10H12ClF. The Hall–Kier alpha value is -0.560.